The van der Waals surface area contributed by atoms with Gasteiger partial charge in [-0.1, -0.05) is 12.1 Å². The maximum absolute atomic E-state index is 12.8. The van der Waals surface area contributed by atoms with Crippen LogP contribution < -0.4 is 10.1 Å². The first kappa shape index (κ1) is 24.0. The summed E-state index contributed by atoms with van der Waals surface area (Å²) in [5.41, 5.74) is 3.61. The van der Waals surface area contributed by atoms with Crippen LogP contribution in [0.25, 0.3) is 5.65 Å². The SMILES string of the molecule is CNC1CCN(C(=O)c2cccc(OCc3cn4cc(C)ccc4n3)c2)CC1.Cl.Cl. The molecule has 0 aliphatic carbocycles. The Labute approximate surface area is 189 Å². The van der Waals surface area contributed by atoms with Crippen molar-refractivity contribution in [3.63, 3.8) is 0 Å². The van der Waals surface area contributed by atoms with Gasteiger partial charge in [0.2, 0.25) is 0 Å². The Morgan fingerprint density at radius 2 is 1.93 bits per heavy atom. The zero-order valence-corrected chi connectivity index (χ0v) is 18.8. The highest BCUT2D eigenvalue weighted by Crippen LogP contribution is 2.19. The summed E-state index contributed by atoms with van der Waals surface area (Å²) in [5.74, 6) is 0.757. The number of nitrogens with zero attached hydrogens (tertiary/aromatic N) is 3. The second-order valence-electron chi connectivity index (χ2n) is 7.38. The molecule has 2 aromatic heterocycles. The Morgan fingerprint density at radius 3 is 2.67 bits per heavy atom. The van der Waals surface area contributed by atoms with Crippen LogP contribution in [0.3, 0.4) is 0 Å². The van der Waals surface area contributed by atoms with E-state index in [1.807, 2.05) is 65.1 Å². The molecule has 1 N–H and O–H groups in total. The van der Waals surface area contributed by atoms with Crippen LogP contribution in [0.2, 0.25) is 0 Å². The third-order valence-corrected chi connectivity index (χ3v) is 5.31. The highest BCUT2D eigenvalue weighted by molar-refractivity contribution is 5.94. The van der Waals surface area contributed by atoms with Crippen LogP contribution in [-0.2, 0) is 6.61 Å². The Bertz CT molecular complexity index is 984. The number of hydrogen-bond donors (Lipinski definition) is 1. The third-order valence-electron chi connectivity index (χ3n) is 5.31. The van der Waals surface area contributed by atoms with Gasteiger partial charge in [-0.05, 0) is 56.6 Å². The summed E-state index contributed by atoms with van der Waals surface area (Å²) in [7, 11) is 1.98. The van der Waals surface area contributed by atoms with Gasteiger partial charge in [0.05, 0.1) is 5.69 Å². The fourth-order valence-electron chi connectivity index (χ4n) is 3.66. The van der Waals surface area contributed by atoms with Crippen LogP contribution in [0.4, 0.5) is 0 Å². The van der Waals surface area contributed by atoms with E-state index in [1.54, 1.807) is 0 Å². The van der Waals surface area contributed by atoms with Gasteiger partial charge in [-0.25, -0.2) is 4.98 Å². The van der Waals surface area contributed by atoms with Crippen molar-refractivity contribution >= 4 is 36.4 Å². The number of nitrogens with one attached hydrogen (secondary N) is 1. The second kappa shape index (κ2) is 10.7. The van der Waals surface area contributed by atoms with Crippen LogP contribution in [0, 0.1) is 6.92 Å². The lowest BCUT2D eigenvalue weighted by molar-refractivity contribution is 0.0707. The molecule has 3 heterocycles. The van der Waals surface area contributed by atoms with E-state index < -0.39 is 0 Å². The van der Waals surface area contributed by atoms with Gasteiger partial charge in [-0.3, -0.25) is 4.79 Å². The molecule has 6 nitrogen and oxygen atoms in total. The number of likely N-dealkylation sites (tertiary alicyclic amines) is 1. The Balaban J connectivity index is 0.00000160. The lowest BCUT2D eigenvalue weighted by atomic mass is 10.0. The Kier molecular flexibility index (Phi) is 8.53. The van der Waals surface area contributed by atoms with Crippen molar-refractivity contribution < 1.29 is 9.53 Å². The number of amides is 1. The molecule has 8 heteroatoms. The average Bonchev–Trinajstić information content (AvgIpc) is 3.14. The maximum atomic E-state index is 12.8. The molecular weight excluding hydrogens is 423 g/mol. The number of fused-ring (bicyclic) bond motifs is 1. The number of ether oxygens (including phenoxy) is 1. The minimum absolute atomic E-state index is 0. The van der Waals surface area contributed by atoms with Crippen molar-refractivity contribution in [2.45, 2.75) is 32.4 Å². The number of pyridine rings is 1. The number of halogens is 2. The highest BCUT2D eigenvalue weighted by Gasteiger charge is 2.22. The van der Waals surface area contributed by atoms with Gasteiger partial charge in [-0.15, -0.1) is 24.8 Å². The molecule has 1 amide bonds. The molecule has 162 valence electrons. The van der Waals surface area contributed by atoms with Crippen LogP contribution in [-0.4, -0.2) is 46.4 Å². The zero-order chi connectivity index (χ0) is 19.5. The molecule has 3 aromatic rings. The quantitative estimate of drug-likeness (QED) is 0.640. The number of hydrogen-bond acceptors (Lipinski definition) is 4. The second-order valence-corrected chi connectivity index (χ2v) is 7.38. The van der Waals surface area contributed by atoms with Crippen LogP contribution >= 0.6 is 24.8 Å². The van der Waals surface area contributed by atoms with Crippen molar-refractivity contribution in [1.29, 1.82) is 0 Å². The van der Waals surface area contributed by atoms with Gasteiger partial charge < -0.3 is 19.4 Å². The van der Waals surface area contributed by atoms with Gasteiger partial charge in [0.15, 0.2) is 0 Å². The minimum atomic E-state index is 0. The van der Waals surface area contributed by atoms with Crippen molar-refractivity contribution in [2.75, 3.05) is 20.1 Å². The van der Waals surface area contributed by atoms with E-state index in [1.165, 1.54) is 5.56 Å². The predicted molar refractivity (Wildman–Crippen MR) is 123 cm³/mol. The van der Waals surface area contributed by atoms with Gasteiger partial charge in [-0.2, -0.15) is 0 Å². The highest BCUT2D eigenvalue weighted by atomic mass is 35.5. The largest absolute Gasteiger partial charge is 0.487 e. The van der Waals surface area contributed by atoms with E-state index in [0.29, 0.717) is 24.0 Å². The summed E-state index contributed by atoms with van der Waals surface area (Å²) < 4.78 is 7.91. The molecule has 1 fully saturated rings. The number of benzene rings is 1. The van der Waals surface area contributed by atoms with Crippen molar-refractivity contribution in [1.82, 2.24) is 19.6 Å². The molecule has 0 bridgehead atoms. The molecule has 1 saturated heterocycles. The van der Waals surface area contributed by atoms with E-state index in [4.69, 9.17) is 4.74 Å². The fourth-order valence-corrected chi connectivity index (χ4v) is 3.66. The van der Waals surface area contributed by atoms with E-state index in [9.17, 15) is 4.79 Å². The molecule has 4 rings (SSSR count). The molecule has 1 aliphatic heterocycles. The summed E-state index contributed by atoms with van der Waals surface area (Å²) in [6.45, 7) is 4.00. The summed E-state index contributed by atoms with van der Waals surface area (Å²) in [5, 5.41) is 3.29. The van der Waals surface area contributed by atoms with E-state index in [-0.39, 0.29) is 30.7 Å². The average molecular weight is 451 g/mol. The van der Waals surface area contributed by atoms with E-state index >= 15 is 0 Å². The van der Waals surface area contributed by atoms with E-state index in [2.05, 4.69) is 17.2 Å². The monoisotopic (exact) mass is 450 g/mol. The molecule has 30 heavy (non-hydrogen) atoms. The molecule has 0 spiro atoms. The van der Waals surface area contributed by atoms with Gasteiger partial charge in [0.25, 0.3) is 5.91 Å². The third kappa shape index (κ3) is 5.45. The molecule has 0 atom stereocenters. The smallest absolute Gasteiger partial charge is 0.253 e. The molecule has 1 aromatic carbocycles. The summed E-state index contributed by atoms with van der Waals surface area (Å²) in [6.07, 6.45) is 6.00. The zero-order valence-electron chi connectivity index (χ0n) is 17.2. The topological polar surface area (TPSA) is 58.9 Å². The number of piperidine rings is 1. The normalized spacial score (nSPS) is 14.1. The van der Waals surface area contributed by atoms with Crippen LogP contribution in [0.1, 0.15) is 34.5 Å². The maximum Gasteiger partial charge on any atom is 0.253 e. The standard InChI is InChI=1S/C22H26N4O2.2ClH/c1-16-6-7-21-24-19(14-26(21)13-16)15-28-20-5-3-4-17(12-20)22(27)25-10-8-18(23-2)9-11-25;;/h3-7,12-14,18,23H,8-11,15H2,1-2H3;2*1H. The number of carbonyl (C=O) groups excluding carboxylic acids is 1. The number of aromatic nitrogens is 2. The van der Waals surface area contributed by atoms with Gasteiger partial charge in [0.1, 0.15) is 18.0 Å². The molecule has 1 aliphatic rings. The number of rotatable bonds is 5. The predicted octanol–water partition coefficient (Wildman–Crippen LogP) is 3.89. The van der Waals surface area contributed by atoms with Gasteiger partial charge >= 0.3 is 0 Å². The molecule has 0 unspecified atom stereocenters. The first-order chi connectivity index (χ1) is 13.6. The van der Waals surface area contributed by atoms with Crippen molar-refractivity contribution in [2.24, 2.45) is 0 Å². The first-order valence-corrected chi connectivity index (χ1v) is 9.76. The molecular formula is C22H28Cl2N4O2. The minimum Gasteiger partial charge on any atom is -0.487 e. The summed E-state index contributed by atoms with van der Waals surface area (Å²) in [6, 6.07) is 12.0. The van der Waals surface area contributed by atoms with Crippen LogP contribution in [0.5, 0.6) is 5.75 Å². The van der Waals surface area contributed by atoms with Crippen molar-refractivity contribution in [3.8, 4) is 5.75 Å². The lowest BCUT2D eigenvalue weighted by Gasteiger charge is -2.31. The van der Waals surface area contributed by atoms with Crippen LogP contribution in [0.15, 0.2) is 48.8 Å². The number of imidazole rings is 1. The van der Waals surface area contributed by atoms with Gasteiger partial charge in [0, 0.05) is 37.1 Å². The molecule has 0 saturated carbocycles. The number of aryl methyl sites for hydroxylation is 1. The number of carbonyl (C=O) groups is 1. The summed E-state index contributed by atoms with van der Waals surface area (Å²) >= 11 is 0. The summed E-state index contributed by atoms with van der Waals surface area (Å²) in [4.78, 5) is 19.3. The van der Waals surface area contributed by atoms with Crippen molar-refractivity contribution in [3.05, 3.63) is 65.6 Å². The fraction of sp³-hybridized carbons (Fsp3) is 0.364. The Hall–Kier alpha value is -2.28. The van der Waals surface area contributed by atoms with E-state index in [0.717, 1.165) is 37.3 Å². The lowest BCUT2D eigenvalue weighted by Crippen LogP contribution is -2.43. The Morgan fingerprint density at radius 1 is 1.17 bits per heavy atom. The first-order valence-electron chi connectivity index (χ1n) is 9.76. The molecule has 0 radical (unpaired) electrons.